The van der Waals surface area contributed by atoms with Gasteiger partial charge in [0.05, 0.1) is 21.9 Å². The van der Waals surface area contributed by atoms with Crippen LogP contribution < -0.4 is 4.90 Å². The van der Waals surface area contributed by atoms with Crippen LogP contribution in [0.3, 0.4) is 0 Å². The van der Waals surface area contributed by atoms with Gasteiger partial charge in [-0.3, -0.25) is 0 Å². The van der Waals surface area contributed by atoms with Gasteiger partial charge in [-0.2, -0.15) is 0 Å². The van der Waals surface area contributed by atoms with Gasteiger partial charge in [0.25, 0.3) is 0 Å². The molecule has 1 nitrogen and oxygen atoms in total. The van der Waals surface area contributed by atoms with E-state index < -0.39 is 95.0 Å². The molecule has 0 amide bonds. The smallest absolute Gasteiger partial charge is 0.0713 e. The minimum absolute atomic E-state index is 0.0431. The maximum Gasteiger partial charge on any atom is 0.0713 e. The Bertz CT molecular complexity index is 3240. The molecule has 0 saturated carbocycles. The van der Waals surface area contributed by atoms with E-state index >= 15 is 0 Å². The van der Waals surface area contributed by atoms with Gasteiger partial charge in [-0.05, 0) is 103 Å². The first-order valence-electron chi connectivity index (χ1n) is 24.4. The van der Waals surface area contributed by atoms with Gasteiger partial charge in [0.1, 0.15) is 0 Å². The Labute approximate surface area is 346 Å². The molecule has 9 aromatic rings. The van der Waals surface area contributed by atoms with Gasteiger partial charge < -0.3 is 4.90 Å². The molecule has 0 fully saturated rings. The fraction of sp³-hybridized carbons (Fsp3) is 0.0182. The predicted molar refractivity (Wildman–Crippen MR) is 235 cm³/mol. The summed E-state index contributed by atoms with van der Waals surface area (Å²) >= 11 is 0. The maximum absolute atomic E-state index is 9.83. The Morgan fingerprint density at radius 1 is 0.304 bits per heavy atom. The van der Waals surface area contributed by atoms with Gasteiger partial charge in [-0.1, -0.05) is 200 Å². The molecule has 264 valence electrons. The highest BCUT2D eigenvalue weighted by atomic mass is 15.1. The highest BCUT2D eigenvalue weighted by molar-refractivity contribution is 5.96. The second-order valence-corrected chi connectivity index (χ2v) is 13.5. The normalized spacial score (nSPS) is 15.4. The number of hydrogen-bond acceptors (Lipinski definition) is 1. The first-order chi connectivity index (χ1) is 32.8. The minimum atomic E-state index is -0.842. The lowest BCUT2D eigenvalue weighted by Gasteiger charge is -2.34. The largest absolute Gasteiger partial charge is 0.311 e. The molecule has 0 aliphatic heterocycles. The average Bonchev–Trinajstić information content (AvgIpc) is 3.67. The van der Waals surface area contributed by atoms with Gasteiger partial charge in [0.2, 0.25) is 0 Å². The Balaban J connectivity index is 1.28. The molecule has 0 unspecified atom stereocenters. The molecule has 0 heterocycles. The number of rotatable bonds is 8. The van der Waals surface area contributed by atoms with Crippen molar-refractivity contribution < 1.29 is 16.4 Å². The molecular formula is C55H39N. The summed E-state index contributed by atoms with van der Waals surface area (Å²) in [6, 6.07) is 43.5. The van der Waals surface area contributed by atoms with Crippen LogP contribution in [0.1, 0.15) is 38.7 Å². The summed E-state index contributed by atoms with van der Waals surface area (Å²) < 4.78 is 114. The monoisotopic (exact) mass is 725 g/mol. The topological polar surface area (TPSA) is 3.24 Å². The van der Waals surface area contributed by atoms with Crippen LogP contribution in [0, 0.1) is 0 Å². The van der Waals surface area contributed by atoms with Crippen LogP contribution in [0.15, 0.2) is 236 Å². The standard InChI is InChI=1S/C55H39N/c1-5-16-40(17-6-1)42-28-34-47(35-29-42)56(48-36-30-43(31-37-48)41-18-7-2-8-19-41)49-38-32-44(33-39-49)50-25-15-27-53-54(50)51-24-13-14-26-52(51)55(53,45-20-9-3-10-21-45)46-22-11-4-12-23-46/h1-39H/i28D,29D,30D,31D,32D,33D,34D,35D,36D,37D,38D,39D. The summed E-state index contributed by atoms with van der Waals surface area (Å²) in [4.78, 5) is 0.857. The summed E-state index contributed by atoms with van der Waals surface area (Å²) in [6.07, 6.45) is 0. The van der Waals surface area contributed by atoms with Crippen molar-refractivity contribution in [3.05, 3.63) is 259 Å². The number of benzene rings is 9. The van der Waals surface area contributed by atoms with Crippen molar-refractivity contribution in [2.45, 2.75) is 5.41 Å². The Hall–Kier alpha value is -7.22. The predicted octanol–water partition coefficient (Wildman–Crippen LogP) is 14.5. The number of nitrogens with zero attached hydrogens (tertiary/aromatic N) is 1. The van der Waals surface area contributed by atoms with E-state index in [-0.39, 0.29) is 16.7 Å². The summed E-state index contributed by atoms with van der Waals surface area (Å²) in [6.45, 7) is 0. The van der Waals surface area contributed by atoms with E-state index in [2.05, 4.69) is 30.3 Å². The SMILES string of the molecule is [2H]c1c([2H])c(N(c2c([2H])c([2H])c(-c3ccccc3)c([2H])c2[2H])c2c([2H])c([2H])c(-c3cccc4c3-c3ccccc3C4(c3ccccc3)c3ccccc3)c([2H])c2[2H])c([2H])c([2H])c1-c1ccccc1. The number of anilines is 3. The quantitative estimate of drug-likeness (QED) is 0.151. The zero-order chi connectivity index (χ0) is 47.8. The van der Waals surface area contributed by atoms with Crippen molar-refractivity contribution in [1.82, 2.24) is 0 Å². The zero-order valence-corrected chi connectivity index (χ0v) is 30.0. The van der Waals surface area contributed by atoms with Crippen LogP contribution in [0.2, 0.25) is 0 Å². The van der Waals surface area contributed by atoms with E-state index in [1.807, 2.05) is 66.7 Å². The first kappa shape index (κ1) is 22.9. The van der Waals surface area contributed by atoms with Gasteiger partial charge in [0, 0.05) is 17.1 Å². The molecule has 10 rings (SSSR count). The van der Waals surface area contributed by atoms with Crippen LogP contribution in [0.25, 0.3) is 44.5 Å². The molecule has 0 saturated heterocycles. The fourth-order valence-electron chi connectivity index (χ4n) is 7.92. The van der Waals surface area contributed by atoms with E-state index in [0.29, 0.717) is 22.3 Å². The molecule has 1 heteroatoms. The van der Waals surface area contributed by atoms with Crippen LogP contribution in [-0.2, 0) is 5.41 Å². The van der Waals surface area contributed by atoms with Crippen molar-refractivity contribution in [3.63, 3.8) is 0 Å². The van der Waals surface area contributed by atoms with Crippen molar-refractivity contribution in [2.75, 3.05) is 4.90 Å². The molecule has 0 radical (unpaired) electrons. The highest BCUT2D eigenvalue weighted by Gasteiger charge is 2.46. The lowest BCUT2D eigenvalue weighted by Crippen LogP contribution is -2.28. The molecule has 56 heavy (non-hydrogen) atoms. The molecular weight excluding hydrogens is 675 g/mol. The van der Waals surface area contributed by atoms with Gasteiger partial charge in [-0.25, -0.2) is 0 Å². The second kappa shape index (κ2) is 14.2. The summed E-state index contributed by atoms with van der Waals surface area (Å²) in [7, 11) is 0. The van der Waals surface area contributed by atoms with Gasteiger partial charge in [0.15, 0.2) is 0 Å². The third-order valence-corrected chi connectivity index (χ3v) is 10.4. The lowest BCUT2D eigenvalue weighted by atomic mass is 9.67. The Morgan fingerprint density at radius 3 is 1.16 bits per heavy atom. The lowest BCUT2D eigenvalue weighted by molar-refractivity contribution is 0.768. The van der Waals surface area contributed by atoms with Gasteiger partial charge >= 0.3 is 0 Å². The molecule has 0 spiro atoms. The van der Waals surface area contributed by atoms with E-state index in [1.165, 1.54) is 0 Å². The van der Waals surface area contributed by atoms with Crippen molar-refractivity contribution in [3.8, 4) is 44.5 Å². The number of hydrogen-bond donors (Lipinski definition) is 0. The average molecular weight is 726 g/mol. The summed E-state index contributed by atoms with van der Waals surface area (Å²) in [5.41, 5.74) is 3.78. The van der Waals surface area contributed by atoms with Crippen molar-refractivity contribution in [2.24, 2.45) is 0 Å². The van der Waals surface area contributed by atoms with Crippen LogP contribution >= 0.6 is 0 Å². The van der Waals surface area contributed by atoms with E-state index in [1.54, 1.807) is 66.7 Å². The Kier molecular flexibility index (Phi) is 5.80. The van der Waals surface area contributed by atoms with Crippen molar-refractivity contribution in [1.29, 1.82) is 0 Å². The molecule has 0 atom stereocenters. The summed E-state index contributed by atoms with van der Waals surface area (Å²) in [5, 5.41) is 0. The third-order valence-electron chi connectivity index (χ3n) is 10.4. The van der Waals surface area contributed by atoms with Gasteiger partial charge in [-0.15, -0.1) is 0 Å². The van der Waals surface area contributed by atoms with Crippen LogP contribution in [0.5, 0.6) is 0 Å². The van der Waals surface area contributed by atoms with Crippen molar-refractivity contribution >= 4 is 17.1 Å². The third kappa shape index (κ3) is 5.65. The first-order valence-corrected chi connectivity index (χ1v) is 18.4. The molecule has 1 aliphatic rings. The molecule has 0 bridgehead atoms. The van der Waals surface area contributed by atoms with Crippen LogP contribution in [-0.4, -0.2) is 0 Å². The maximum atomic E-state index is 9.83. The Morgan fingerprint density at radius 2 is 0.679 bits per heavy atom. The van der Waals surface area contributed by atoms with E-state index in [4.69, 9.17) is 0 Å². The summed E-state index contributed by atoms with van der Waals surface area (Å²) in [5.74, 6) is 0. The second-order valence-electron chi connectivity index (χ2n) is 13.5. The molecule has 0 N–H and O–H groups in total. The highest BCUT2D eigenvalue weighted by Crippen LogP contribution is 2.58. The molecule has 9 aromatic carbocycles. The number of fused-ring (bicyclic) bond motifs is 3. The molecule has 1 aliphatic carbocycles. The fourth-order valence-corrected chi connectivity index (χ4v) is 7.92. The minimum Gasteiger partial charge on any atom is -0.311 e. The zero-order valence-electron chi connectivity index (χ0n) is 42.0. The van der Waals surface area contributed by atoms with Crippen LogP contribution in [0.4, 0.5) is 17.1 Å². The van der Waals surface area contributed by atoms with E-state index in [9.17, 15) is 16.4 Å². The molecule has 0 aromatic heterocycles. The van der Waals surface area contributed by atoms with E-state index in [0.717, 1.165) is 32.7 Å².